The van der Waals surface area contributed by atoms with E-state index in [4.69, 9.17) is 19.6 Å². The van der Waals surface area contributed by atoms with Crippen LogP contribution in [0.3, 0.4) is 0 Å². The van der Waals surface area contributed by atoms with E-state index in [1.165, 1.54) is 128 Å². The lowest BCUT2D eigenvalue weighted by Crippen LogP contribution is -2.17. The lowest BCUT2D eigenvalue weighted by atomic mass is 9.93. The molecule has 3 N–H and O–H groups in total. The molecule has 10 nitrogen and oxygen atoms in total. The number of hydrogen-bond donors (Lipinski definition) is 3. The summed E-state index contributed by atoms with van der Waals surface area (Å²) in [7, 11) is 0. The van der Waals surface area contributed by atoms with Gasteiger partial charge in [-0.3, -0.25) is 14.7 Å². The largest absolute Gasteiger partial charge is 0.491 e. The first-order valence-corrected chi connectivity index (χ1v) is 25.8. The zero-order valence-corrected chi connectivity index (χ0v) is 41.3. The molecule has 0 aliphatic carbocycles. The summed E-state index contributed by atoms with van der Waals surface area (Å²) in [6, 6.07) is 22.1. The molecule has 5 rings (SSSR count). The minimum Gasteiger partial charge on any atom is -0.491 e. The second-order valence-electron chi connectivity index (χ2n) is 19.3. The van der Waals surface area contributed by atoms with Gasteiger partial charge in [0.15, 0.2) is 11.5 Å². The molecule has 5 aromatic rings. The molecule has 0 saturated carbocycles. The van der Waals surface area contributed by atoms with Gasteiger partial charge >= 0.3 is 0 Å². The van der Waals surface area contributed by atoms with Gasteiger partial charge in [0.25, 0.3) is 11.8 Å². The molecule has 66 heavy (non-hydrogen) atoms. The Morgan fingerprint density at radius 2 is 0.939 bits per heavy atom. The summed E-state index contributed by atoms with van der Waals surface area (Å²) in [4.78, 5) is 33.1. The Labute approximate surface area is 396 Å². The van der Waals surface area contributed by atoms with Gasteiger partial charge in [0.05, 0.1) is 24.6 Å². The molecular weight excluding hydrogens is 821 g/mol. The topological polar surface area (TPSA) is 123 Å². The number of nitrogens with zero attached hydrogens (tertiary/aromatic N) is 3. The number of H-pyrrole nitrogens is 1. The number of nitrogens with one attached hydrogen (secondary N) is 3. The first-order valence-electron chi connectivity index (χ1n) is 25.8. The van der Waals surface area contributed by atoms with Crippen LogP contribution in [0.2, 0.25) is 0 Å². The number of benzene rings is 3. The van der Waals surface area contributed by atoms with E-state index < -0.39 is 0 Å². The highest BCUT2D eigenvalue weighted by Crippen LogP contribution is 2.30. The van der Waals surface area contributed by atoms with Crippen LogP contribution in [0.5, 0.6) is 11.5 Å². The average molecular weight is 903 g/mol. The monoisotopic (exact) mass is 903 g/mol. The van der Waals surface area contributed by atoms with Gasteiger partial charge < -0.3 is 20.1 Å². The first kappa shape index (κ1) is 51.9. The van der Waals surface area contributed by atoms with Gasteiger partial charge in [-0.2, -0.15) is 4.63 Å². The highest BCUT2D eigenvalue weighted by Gasteiger charge is 2.22. The van der Waals surface area contributed by atoms with Crippen molar-refractivity contribution in [3.63, 3.8) is 0 Å². The van der Waals surface area contributed by atoms with E-state index in [2.05, 4.69) is 50.4 Å². The molecule has 3 aromatic carbocycles. The summed E-state index contributed by atoms with van der Waals surface area (Å²) in [5.74, 6) is 0.866. The zero-order valence-electron chi connectivity index (χ0n) is 41.3. The number of carbonyl (C=O) groups excluding carboxylic acids is 2. The lowest BCUT2D eigenvalue weighted by Gasteiger charge is -2.15. The molecule has 0 saturated heterocycles. The molecule has 0 atom stereocenters. The molecule has 0 spiro atoms. The third-order valence-electron chi connectivity index (χ3n) is 12.4. The number of ether oxygens (including phenoxy) is 2. The smallest absolute Gasteiger partial charge is 0.255 e. The van der Waals surface area contributed by atoms with Crippen molar-refractivity contribution in [1.29, 1.82) is 0 Å². The minimum atomic E-state index is -0.377. The van der Waals surface area contributed by atoms with Crippen LogP contribution in [0, 0.1) is 0 Å². The Hall–Kier alpha value is -5.12. The van der Waals surface area contributed by atoms with Gasteiger partial charge in [0.1, 0.15) is 11.5 Å². The fourth-order valence-corrected chi connectivity index (χ4v) is 8.33. The third-order valence-corrected chi connectivity index (χ3v) is 12.4. The summed E-state index contributed by atoms with van der Waals surface area (Å²) in [6.07, 6.45) is 30.7. The number of amides is 2. The Kier molecular flexibility index (Phi) is 22.6. The normalized spacial score (nSPS) is 11.6. The second-order valence-corrected chi connectivity index (χ2v) is 19.3. The van der Waals surface area contributed by atoms with Crippen molar-refractivity contribution in [1.82, 2.24) is 19.8 Å². The van der Waals surface area contributed by atoms with Crippen LogP contribution < -0.4 is 20.1 Å². The van der Waals surface area contributed by atoms with E-state index in [-0.39, 0.29) is 17.2 Å². The van der Waals surface area contributed by atoms with E-state index in [1.807, 2.05) is 54.6 Å². The predicted octanol–water partition coefficient (Wildman–Crippen LogP) is 15.7. The minimum absolute atomic E-state index is 0.120. The molecule has 0 aliphatic rings. The van der Waals surface area contributed by atoms with E-state index in [0.717, 1.165) is 31.4 Å². The average Bonchev–Trinajstić information content (AvgIpc) is 3.92. The second kappa shape index (κ2) is 28.8. The summed E-state index contributed by atoms with van der Waals surface area (Å²) >= 11 is 0. The van der Waals surface area contributed by atoms with Crippen LogP contribution in [0.1, 0.15) is 215 Å². The van der Waals surface area contributed by atoms with E-state index in [9.17, 15) is 9.59 Å². The van der Waals surface area contributed by atoms with Crippen LogP contribution in [0.4, 0.5) is 11.4 Å². The molecule has 2 heterocycles. The summed E-state index contributed by atoms with van der Waals surface area (Å²) < 4.78 is 14.1. The molecular formula is C56H82N6O4. The quantitative estimate of drug-likeness (QED) is 0.0360. The Balaban J connectivity index is 1.19. The van der Waals surface area contributed by atoms with Crippen LogP contribution in [-0.2, 0) is 5.41 Å². The van der Waals surface area contributed by atoms with E-state index in [1.54, 1.807) is 22.8 Å². The van der Waals surface area contributed by atoms with Crippen LogP contribution in [0.15, 0.2) is 72.8 Å². The number of carbonyl (C=O) groups is 2. The van der Waals surface area contributed by atoms with Crippen molar-refractivity contribution in [2.75, 3.05) is 23.8 Å². The molecule has 2 amide bonds. The fraction of sp³-hybridized carbons (Fsp3) is 0.571. The molecule has 0 bridgehead atoms. The van der Waals surface area contributed by atoms with Gasteiger partial charge in [-0.15, -0.1) is 5.10 Å². The van der Waals surface area contributed by atoms with E-state index in [0.29, 0.717) is 64.2 Å². The molecule has 2 aromatic heterocycles. The Morgan fingerprint density at radius 3 is 1.33 bits per heavy atom. The Morgan fingerprint density at radius 1 is 0.545 bits per heavy atom. The lowest BCUT2D eigenvalue weighted by molar-refractivity contribution is 0.102. The number of rotatable bonds is 33. The summed E-state index contributed by atoms with van der Waals surface area (Å²) in [5.41, 5.74) is 3.78. The van der Waals surface area contributed by atoms with Gasteiger partial charge in [-0.25, -0.2) is 4.98 Å². The molecule has 0 aliphatic heterocycles. The number of aromatic amines is 1. The molecule has 0 unspecified atom stereocenters. The maximum absolute atomic E-state index is 14.1. The van der Waals surface area contributed by atoms with Gasteiger partial charge in [-0.05, 0) is 55.3 Å². The van der Waals surface area contributed by atoms with Crippen molar-refractivity contribution >= 4 is 28.8 Å². The van der Waals surface area contributed by atoms with E-state index >= 15 is 0 Å². The number of unbranched alkanes of at least 4 members (excludes halogenated alkanes) is 22. The van der Waals surface area contributed by atoms with Crippen molar-refractivity contribution < 1.29 is 19.1 Å². The van der Waals surface area contributed by atoms with Crippen LogP contribution in [-0.4, -0.2) is 44.8 Å². The first-order chi connectivity index (χ1) is 32.2. The van der Waals surface area contributed by atoms with Crippen LogP contribution in [0.25, 0.3) is 17.0 Å². The fourth-order valence-electron chi connectivity index (χ4n) is 8.33. The standard InChI is InChI=1S/C56H82N6O4/c1-6-8-10-12-14-16-18-20-22-24-26-32-38-65-49-36-30-28-34-47(49)57-54(63)45-40-44(53-59-52-43-51(56(3,4)5)60-62(52)61-53)41-46(42-45)55(64)58-48-35-29-31-37-50(48)66-39-33-27-25-23-21-19-17-15-13-11-9-7-2/h28-31,34-37,40-43,60H,6-27,32-33,38-39H2,1-5H3,(H,57,63)(H,58,64). The summed E-state index contributed by atoms with van der Waals surface area (Å²) in [5, 5.41) is 14.2. The molecule has 0 radical (unpaired) electrons. The number of hydrogen-bond acceptors (Lipinski definition) is 6. The Bertz CT molecular complexity index is 2030. The molecule has 360 valence electrons. The molecule has 0 fully saturated rings. The van der Waals surface area contributed by atoms with Crippen molar-refractivity contribution in [3.05, 3.63) is 89.6 Å². The molecule has 10 heteroatoms. The number of fused-ring (bicyclic) bond motifs is 1. The van der Waals surface area contributed by atoms with Crippen molar-refractivity contribution in [2.24, 2.45) is 0 Å². The zero-order chi connectivity index (χ0) is 46.8. The highest BCUT2D eigenvalue weighted by molar-refractivity contribution is 6.10. The number of aromatic nitrogens is 4. The number of para-hydroxylation sites is 4. The maximum atomic E-state index is 14.1. The number of anilines is 2. The third kappa shape index (κ3) is 17.9. The highest BCUT2D eigenvalue weighted by atomic mass is 16.5. The predicted molar refractivity (Wildman–Crippen MR) is 273 cm³/mol. The summed E-state index contributed by atoms with van der Waals surface area (Å²) in [6.45, 7) is 12.0. The van der Waals surface area contributed by atoms with Crippen LogP contribution >= 0.6 is 0 Å². The van der Waals surface area contributed by atoms with Gasteiger partial charge in [0, 0.05) is 33.9 Å². The van der Waals surface area contributed by atoms with Gasteiger partial charge in [-0.1, -0.05) is 200 Å². The van der Waals surface area contributed by atoms with Gasteiger partial charge in [0.2, 0.25) is 0 Å². The maximum Gasteiger partial charge on any atom is 0.255 e. The SMILES string of the molecule is CCCCCCCCCCCCCCOc1ccccc1NC(=O)c1cc(C(=O)Nc2ccccc2OCCCCCCCCCCCCCC)cc(-c2nc3cc(C(C)(C)C)[nH]n3n2)c1. The van der Waals surface area contributed by atoms with Crippen molar-refractivity contribution in [2.45, 2.75) is 194 Å². The van der Waals surface area contributed by atoms with Crippen molar-refractivity contribution in [3.8, 4) is 22.9 Å².